The van der Waals surface area contributed by atoms with Gasteiger partial charge in [-0.05, 0) is 44.9 Å². The highest BCUT2D eigenvalue weighted by Gasteiger charge is 2.10. The smallest absolute Gasteiger partial charge is 0.315 e. The molecule has 2 N–H and O–H groups in total. The molecule has 0 aliphatic heterocycles. The van der Waals surface area contributed by atoms with Crippen LogP contribution < -0.4 is 10.6 Å². The molecule has 1 aliphatic rings. The van der Waals surface area contributed by atoms with Gasteiger partial charge in [-0.3, -0.25) is 0 Å². The Balaban J connectivity index is 2.13. The highest BCUT2D eigenvalue weighted by molar-refractivity contribution is 5.74. The Bertz CT molecular complexity index is 271. The number of amides is 2. The lowest BCUT2D eigenvalue weighted by molar-refractivity contribution is 0.234. The van der Waals surface area contributed by atoms with E-state index in [0.29, 0.717) is 5.92 Å². The summed E-state index contributed by atoms with van der Waals surface area (Å²) in [6, 6.07) is 0.187. The molecule has 1 atom stereocenters. The van der Waals surface area contributed by atoms with E-state index in [1.54, 1.807) is 0 Å². The Morgan fingerprint density at radius 2 is 2.12 bits per heavy atom. The van der Waals surface area contributed by atoms with Crippen molar-refractivity contribution in [1.82, 2.24) is 10.6 Å². The maximum atomic E-state index is 11.6. The quantitative estimate of drug-likeness (QED) is 0.709. The lowest BCUT2D eigenvalue weighted by atomic mass is 9.97. The van der Waals surface area contributed by atoms with Gasteiger partial charge in [-0.2, -0.15) is 0 Å². The molecule has 0 saturated carbocycles. The largest absolute Gasteiger partial charge is 0.338 e. The van der Waals surface area contributed by atoms with Gasteiger partial charge in [-0.1, -0.05) is 25.5 Å². The first kappa shape index (κ1) is 14.1. The minimum Gasteiger partial charge on any atom is -0.338 e. The molecule has 98 valence electrons. The zero-order chi connectivity index (χ0) is 12.7. The zero-order valence-corrected chi connectivity index (χ0v) is 11.4. The fourth-order valence-corrected chi connectivity index (χ4v) is 1.89. The second kappa shape index (κ2) is 7.36. The Morgan fingerprint density at radius 1 is 1.35 bits per heavy atom. The standard InChI is InChI=1S/C14H26N2O/c1-11(2)12(3)16-14(17)15-10-9-13-7-5-4-6-8-13/h7,11-12H,4-6,8-10H2,1-3H3,(H2,15,16,17). The van der Waals surface area contributed by atoms with Crippen LogP contribution in [0.25, 0.3) is 0 Å². The van der Waals surface area contributed by atoms with Gasteiger partial charge in [0, 0.05) is 12.6 Å². The minimum absolute atomic E-state index is 0.0393. The Morgan fingerprint density at radius 3 is 2.71 bits per heavy atom. The number of rotatable bonds is 5. The van der Waals surface area contributed by atoms with Gasteiger partial charge in [0.15, 0.2) is 0 Å². The van der Waals surface area contributed by atoms with Gasteiger partial charge in [-0.15, -0.1) is 0 Å². The molecule has 1 rings (SSSR count). The SMILES string of the molecule is CC(C)C(C)NC(=O)NCCC1=CCCCC1. The molecule has 0 aromatic heterocycles. The third kappa shape index (κ3) is 5.76. The van der Waals surface area contributed by atoms with E-state index >= 15 is 0 Å². The van der Waals surface area contributed by atoms with Crippen LogP contribution >= 0.6 is 0 Å². The molecule has 0 aromatic carbocycles. The van der Waals surface area contributed by atoms with Gasteiger partial charge in [0.1, 0.15) is 0 Å². The summed E-state index contributed by atoms with van der Waals surface area (Å²) in [5.74, 6) is 0.474. The zero-order valence-electron chi connectivity index (χ0n) is 11.4. The fraction of sp³-hybridized carbons (Fsp3) is 0.786. The summed E-state index contributed by atoms with van der Waals surface area (Å²) in [4.78, 5) is 11.6. The molecule has 0 saturated heterocycles. The van der Waals surface area contributed by atoms with Crippen LogP contribution in [0.4, 0.5) is 4.79 Å². The number of carbonyl (C=O) groups is 1. The van der Waals surface area contributed by atoms with E-state index in [1.165, 1.54) is 31.3 Å². The number of urea groups is 1. The van der Waals surface area contributed by atoms with E-state index in [1.807, 2.05) is 6.92 Å². The molecule has 0 bridgehead atoms. The molecule has 0 aromatic rings. The summed E-state index contributed by atoms with van der Waals surface area (Å²) < 4.78 is 0. The van der Waals surface area contributed by atoms with Gasteiger partial charge >= 0.3 is 6.03 Å². The molecule has 0 heterocycles. The number of hydrogen-bond acceptors (Lipinski definition) is 1. The predicted molar refractivity (Wildman–Crippen MR) is 72.0 cm³/mol. The molecule has 3 nitrogen and oxygen atoms in total. The van der Waals surface area contributed by atoms with Crippen LogP contribution in [0.3, 0.4) is 0 Å². The molecule has 3 heteroatoms. The number of allylic oxidation sites excluding steroid dienone is 1. The van der Waals surface area contributed by atoms with Crippen molar-refractivity contribution in [2.45, 2.75) is 58.9 Å². The van der Waals surface area contributed by atoms with Crippen molar-refractivity contribution in [1.29, 1.82) is 0 Å². The third-order valence-corrected chi connectivity index (χ3v) is 3.48. The fourth-order valence-electron chi connectivity index (χ4n) is 1.89. The molecule has 1 unspecified atom stereocenters. The molecule has 0 spiro atoms. The van der Waals surface area contributed by atoms with Crippen LogP contribution in [0.5, 0.6) is 0 Å². The average molecular weight is 238 g/mol. The van der Waals surface area contributed by atoms with E-state index in [9.17, 15) is 4.79 Å². The van der Waals surface area contributed by atoms with Crippen LogP contribution in [-0.4, -0.2) is 18.6 Å². The topological polar surface area (TPSA) is 41.1 Å². The lowest BCUT2D eigenvalue weighted by Crippen LogP contribution is -2.43. The predicted octanol–water partition coefficient (Wildman–Crippen LogP) is 3.22. The molecular weight excluding hydrogens is 212 g/mol. The second-order valence-corrected chi connectivity index (χ2v) is 5.29. The van der Waals surface area contributed by atoms with Gasteiger partial charge in [0.05, 0.1) is 0 Å². The van der Waals surface area contributed by atoms with Crippen molar-refractivity contribution in [2.75, 3.05) is 6.54 Å². The van der Waals surface area contributed by atoms with Crippen molar-refractivity contribution in [3.63, 3.8) is 0 Å². The first-order chi connectivity index (χ1) is 8.09. The summed E-state index contributed by atoms with van der Waals surface area (Å²) in [6.45, 7) is 7.01. The minimum atomic E-state index is -0.0393. The third-order valence-electron chi connectivity index (χ3n) is 3.48. The van der Waals surface area contributed by atoms with Gasteiger partial charge in [-0.25, -0.2) is 4.79 Å². The molecule has 0 radical (unpaired) electrons. The first-order valence-corrected chi connectivity index (χ1v) is 6.82. The van der Waals surface area contributed by atoms with E-state index < -0.39 is 0 Å². The number of hydrogen-bond donors (Lipinski definition) is 2. The molecule has 0 fully saturated rings. The summed E-state index contributed by atoms with van der Waals surface area (Å²) in [5.41, 5.74) is 1.51. The normalized spacial score (nSPS) is 17.5. The van der Waals surface area contributed by atoms with Crippen LogP contribution in [0.2, 0.25) is 0 Å². The van der Waals surface area contributed by atoms with Crippen LogP contribution in [0, 0.1) is 5.92 Å². The molecular formula is C14H26N2O. The second-order valence-electron chi connectivity index (χ2n) is 5.29. The monoisotopic (exact) mass is 238 g/mol. The van der Waals surface area contributed by atoms with E-state index in [4.69, 9.17) is 0 Å². The van der Waals surface area contributed by atoms with Crippen molar-refractivity contribution in [3.8, 4) is 0 Å². The van der Waals surface area contributed by atoms with Gasteiger partial charge in [0.2, 0.25) is 0 Å². The average Bonchev–Trinajstić information content (AvgIpc) is 2.30. The maximum Gasteiger partial charge on any atom is 0.315 e. The van der Waals surface area contributed by atoms with Crippen molar-refractivity contribution in [2.24, 2.45) is 5.92 Å². The summed E-state index contributed by atoms with van der Waals surface area (Å²) >= 11 is 0. The van der Waals surface area contributed by atoms with Crippen molar-refractivity contribution >= 4 is 6.03 Å². The van der Waals surface area contributed by atoms with Crippen molar-refractivity contribution < 1.29 is 4.79 Å². The Hall–Kier alpha value is -0.990. The Labute approximate surface area is 105 Å². The van der Waals surface area contributed by atoms with E-state index in [-0.39, 0.29) is 12.1 Å². The lowest BCUT2D eigenvalue weighted by Gasteiger charge is -2.18. The van der Waals surface area contributed by atoms with Crippen LogP contribution in [0.1, 0.15) is 52.9 Å². The summed E-state index contributed by atoms with van der Waals surface area (Å²) in [5, 5.41) is 5.87. The van der Waals surface area contributed by atoms with E-state index in [0.717, 1.165) is 13.0 Å². The molecule has 17 heavy (non-hydrogen) atoms. The first-order valence-electron chi connectivity index (χ1n) is 6.82. The Kier molecular flexibility index (Phi) is 6.09. The summed E-state index contributed by atoms with van der Waals surface area (Å²) in [7, 11) is 0. The van der Waals surface area contributed by atoms with Crippen LogP contribution in [0.15, 0.2) is 11.6 Å². The molecule has 1 aliphatic carbocycles. The molecule has 2 amide bonds. The van der Waals surface area contributed by atoms with Gasteiger partial charge in [0.25, 0.3) is 0 Å². The van der Waals surface area contributed by atoms with E-state index in [2.05, 4.69) is 30.6 Å². The maximum absolute atomic E-state index is 11.6. The van der Waals surface area contributed by atoms with Crippen molar-refractivity contribution in [3.05, 3.63) is 11.6 Å². The summed E-state index contributed by atoms with van der Waals surface area (Å²) in [6.07, 6.45) is 8.40. The van der Waals surface area contributed by atoms with Gasteiger partial charge < -0.3 is 10.6 Å². The highest BCUT2D eigenvalue weighted by Crippen LogP contribution is 2.19. The highest BCUT2D eigenvalue weighted by atomic mass is 16.2. The number of carbonyl (C=O) groups excluding carboxylic acids is 1. The number of nitrogens with one attached hydrogen (secondary N) is 2. The van der Waals surface area contributed by atoms with Crippen LogP contribution in [-0.2, 0) is 0 Å².